The highest BCUT2D eigenvalue weighted by atomic mass is 15.3. The van der Waals surface area contributed by atoms with Crippen LogP contribution in [0.1, 0.15) is 63.0 Å². The molecule has 0 aromatic carbocycles. The minimum Gasteiger partial charge on any atom is -0.356 e. The second kappa shape index (κ2) is 11.7. The van der Waals surface area contributed by atoms with Crippen LogP contribution in [0, 0.1) is 0 Å². The smallest absolute Gasteiger partial charge is 0.193 e. The van der Waals surface area contributed by atoms with Gasteiger partial charge in [-0.25, -0.2) is 0 Å². The van der Waals surface area contributed by atoms with Gasteiger partial charge in [0.2, 0.25) is 0 Å². The number of aliphatic imine (C=N–C) groups is 1. The van der Waals surface area contributed by atoms with Crippen molar-refractivity contribution in [1.29, 1.82) is 0 Å². The maximum atomic E-state index is 4.41. The zero-order valence-electron chi connectivity index (χ0n) is 16.7. The third-order valence-corrected chi connectivity index (χ3v) is 5.02. The molecule has 0 saturated carbocycles. The van der Waals surface area contributed by atoms with Gasteiger partial charge in [-0.15, -0.1) is 16.8 Å². The summed E-state index contributed by atoms with van der Waals surface area (Å²) < 4.78 is 2.34. The number of aryl methyl sites for hydroxylation is 2. The van der Waals surface area contributed by atoms with Crippen molar-refractivity contribution < 1.29 is 0 Å². The molecular weight excluding hydrogens is 324 g/mol. The van der Waals surface area contributed by atoms with Crippen LogP contribution in [-0.4, -0.2) is 52.8 Å². The average Bonchev–Trinajstić information content (AvgIpc) is 2.88. The SMILES string of the molecule is C=CCCCCCN(C)C(=NC)NCCCc1nnc2n1CCCCC2. The van der Waals surface area contributed by atoms with E-state index in [9.17, 15) is 0 Å². The van der Waals surface area contributed by atoms with Crippen molar-refractivity contribution in [2.45, 2.75) is 70.8 Å². The van der Waals surface area contributed by atoms with E-state index in [1.807, 2.05) is 13.1 Å². The molecule has 0 unspecified atom stereocenters. The third kappa shape index (κ3) is 6.46. The van der Waals surface area contributed by atoms with E-state index in [2.05, 4.69) is 43.6 Å². The summed E-state index contributed by atoms with van der Waals surface area (Å²) in [4.78, 5) is 6.62. The average molecular weight is 361 g/mol. The maximum absolute atomic E-state index is 4.41. The van der Waals surface area contributed by atoms with Gasteiger partial charge in [-0.2, -0.15) is 0 Å². The van der Waals surface area contributed by atoms with Gasteiger partial charge in [0.1, 0.15) is 11.6 Å². The molecule has 0 aliphatic carbocycles. The summed E-state index contributed by atoms with van der Waals surface area (Å²) in [6.07, 6.45) is 13.7. The minimum atomic E-state index is 0.912. The number of fused-ring (bicyclic) bond motifs is 1. The first-order valence-electron chi connectivity index (χ1n) is 10.2. The molecule has 26 heavy (non-hydrogen) atoms. The Kier molecular flexibility index (Phi) is 9.21. The number of hydrogen-bond acceptors (Lipinski definition) is 3. The Balaban J connectivity index is 1.67. The van der Waals surface area contributed by atoms with Gasteiger partial charge in [0.15, 0.2) is 5.96 Å². The fraction of sp³-hybridized carbons (Fsp3) is 0.750. The normalized spacial score (nSPS) is 14.6. The predicted octanol–water partition coefficient (Wildman–Crippen LogP) is 3.19. The summed E-state index contributed by atoms with van der Waals surface area (Å²) in [5, 5.41) is 12.3. The summed E-state index contributed by atoms with van der Waals surface area (Å²) >= 11 is 0. The lowest BCUT2D eigenvalue weighted by atomic mass is 10.2. The molecule has 0 amide bonds. The van der Waals surface area contributed by atoms with Crippen LogP contribution >= 0.6 is 0 Å². The van der Waals surface area contributed by atoms with E-state index >= 15 is 0 Å². The van der Waals surface area contributed by atoms with Gasteiger partial charge >= 0.3 is 0 Å². The zero-order chi connectivity index (χ0) is 18.6. The quantitative estimate of drug-likeness (QED) is 0.301. The molecular formula is C20H36N6. The Morgan fingerprint density at radius 1 is 1.23 bits per heavy atom. The molecule has 0 spiro atoms. The molecule has 1 aliphatic rings. The highest BCUT2D eigenvalue weighted by Crippen LogP contribution is 2.15. The molecule has 2 heterocycles. The van der Waals surface area contributed by atoms with Crippen LogP contribution in [0.15, 0.2) is 17.6 Å². The van der Waals surface area contributed by atoms with Crippen LogP contribution in [-0.2, 0) is 19.4 Å². The van der Waals surface area contributed by atoms with Gasteiger partial charge in [-0.3, -0.25) is 4.99 Å². The van der Waals surface area contributed by atoms with Crippen LogP contribution in [0.3, 0.4) is 0 Å². The molecule has 146 valence electrons. The van der Waals surface area contributed by atoms with E-state index in [4.69, 9.17) is 0 Å². The van der Waals surface area contributed by atoms with Gasteiger partial charge in [0.05, 0.1) is 0 Å². The van der Waals surface area contributed by atoms with Gasteiger partial charge in [-0.05, 0) is 38.5 Å². The molecule has 2 rings (SSSR count). The Bertz CT molecular complexity index is 563. The molecule has 0 radical (unpaired) electrons. The molecule has 6 nitrogen and oxygen atoms in total. The molecule has 0 atom stereocenters. The number of rotatable bonds is 10. The largest absolute Gasteiger partial charge is 0.356 e. The molecule has 6 heteroatoms. The zero-order valence-corrected chi connectivity index (χ0v) is 16.7. The first kappa shape index (κ1) is 20.5. The van der Waals surface area contributed by atoms with E-state index in [0.717, 1.165) is 57.1 Å². The van der Waals surface area contributed by atoms with Crippen LogP contribution in [0.2, 0.25) is 0 Å². The Morgan fingerprint density at radius 3 is 2.92 bits per heavy atom. The summed E-state index contributed by atoms with van der Waals surface area (Å²) in [5.74, 6) is 3.31. The van der Waals surface area contributed by atoms with Crippen molar-refractivity contribution in [3.8, 4) is 0 Å². The van der Waals surface area contributed by atoms with Gasteiger partial charge in [0, 0.05) is 46.6 Å². The number of guanidine groups is 1. The second-order valence-corrected chi connectivity index (χ2v) is 7.13. The molecule has 0 bridgehead atoms. The van der Waals surface area contributed by atoms with Crippen LogP contribution < -0.4 is 5.32 Å². The molecule has 1 aromatic heterocycles. The van der Waals surface area contributed by atoms with E-state index in [1.54, 1.807) is 0 Å². The number of nitrogens with zero attached hydrogens (tertiary/aromatic N) is 5. The Morgan fingerprint density at radius 2 is 2.12 bits per heavy atom. The van der Waals surface area contributed by atoms with E-state index in [0.29, 0.717) is 0 Å². The Hall–Kier alpha value is -1.85. The van der Waals surface area contributed by atoms with Gasteiger partial charge < -0.3 is 14.8 Å². The standard InChI is InChI=1S/C20H36N6/c1-4-5-6-7-10-16-25(3)20(21-2)22-15-12-14-19-24-23-18-13-9-8-11-17-26(18)19/h4H,1,5-17H2,2-3H3,(H,21,22). The number of unbranched alkanes of at least 4 members (excludes halogenated alkanes) is 3. The van der Waals surface area contributed by atoms with Gasteiger partial charge in [0.25, 0.3) is 0 Å². The van der Waals surface area contributed by atoms with Crippen molar-refractivity contribution in [1.82, 2.24) is 25.0 Å². The van der Waals surface area contributed by atoms with Crippen molar-refractivity contribution >= 4 is 5.96 Å². The van der Waals surface area contributed by atoms with E-state index in [1.165, 1.54) is 44.3 Å². The lowest BCUT2D eigenvalue weighted by Gasteiger charge is -2.22. The maximum Gasteiger partial charge on any atom is 0.193 e. The van der Waals surface area contributed by atoms with E-state index < -0.39 is 0 Å². The number of aromatic nitrogens is 3. The third-order valence-electron chi connectivity index (χ3n) is 5.02. The number of nitrogens with one attached hydrogen (secondary N) is 1. The van der Waals surface area contributed by atoms with E-state index in [-0.39, 0.29) is 0 Å². The van der Waals surface area contributed by atoms with Crippen LogP contribution in [0.5, 0.6) is 0 Å². The fourth-order valence-corrected chi connectivity index (χ4v) is 3.48. The highest BCUT2D eigenvalue weighted by molar-refractivity contribution is 5.79. The molecule has 1 aromatic rings. The minimum absolute atomic E-state index is 0.912. The van der Waals surface area contributed by atoms with Crippen molar-refractivity contribution in [3.63, 3.8) is 0 Å². The second-order valence-electron chi connectivity index (χ2n) is 7.13. The first-order chi connectivity index (χ1) is 12.8. The Labute approximate surface area is 158 Å². The molecule has 0 fully saturated rings. The summed E-state index contributed by atoms with van der Waals surface area (Å²) in [7, 11) is 3.97. The topological polar surface area (TPSA) is 58.3 Å². The number of hydrogen-bond donors (Lipinski definition) is 1. The number of allylic oxidation sites excluding steroid dienone is 1. The summed E-state index contributed by atoms with van der Waals surface area (Å²) in [6.45, 7) is 6.81. The highest BCUT2D eigenvalue weighted by Gasteiger charge is 2.14. The summed E-state index contributed by atoms with van der Waals surface area (Å²) in [6, 6.07) is 0. The predicted molar refractivity (Wildman–Crippen MR) is 109 cm³/mol. The monoisotopic (exact) mass is 360 g/mol. The molecule has 0 saturated heterocycles. The fourth-order valence-electron chi connectivity index (χ4n) is 3.48. The van der Waals surface area contributed by atoms with Crippen molar-refractivity contribution in [2.75, 3.05) is 27.2 Å². The molecule has 1 N–H and O–H groups in total. The van der Waals surface area contributed by atoms with Gasteiger partial charge in [-0.1, -0.05) is 18.9 Å². The first-order valence-corrected chi connectivity index (χ1v) is 10.2. The molecule has 1 aliphatic heterocycles. The van der Waals surface area contributed by atoms with Crippen LogP contribution in [0.4, 0.5) is 0 Å². The van der Waals surface area contributed by atoms with Crippen molar-refractivity contribution in [2.24, 2.45) is 4.99 Å². The lowest BCUT2D eigenvalue weighted by molar-refractivity contribution is 0.454. The summed E-state index contributed by atoms with van der Waals surface area (Å²) in [5.41, 5.74) is 0. The lowest BCUT2D eigenvalue weighted by Crippen LogP contribution is -2.39. The van der Waals surface area contributed by atoms with Crippen molar-refractivity contribution in [3.05, 3.63) is 24.3 Å². The van der Waals surface area contributed by atoms with Crippen LogP contribution in [0.25, 0.3) is 0 Å².